The number of hydrogen-bond acceptors (Lipinski definition) is 5. The van der Waals surface area contributed by atoms with Gasteiger partial charge in [-0.15, -0.1) is 11.3 Å². The average Bonchev–Trinajstić information content (AvgIpc) is 2.61. The Morgan fingerprint density at radius 3 is 3.00 bits per heavy atom. The summed E-state index contributed by atoms with van der Waals surface area (Å²) in [5.74, 6) is -0.578. The van der Waals surface area contributed by atoms with Crippen LogP contribution in [0, 0.1) is 0 Å². The molecule has 0 aliphatic carbocycles. The van der Waals surface area contributed by atoms with Crippen molar-refractivity contribution in [1.82, 2.24) is 0 Å². The van der Waals surface area contributed by atoms with Crippen LogP contribution in [-0.2, 0) is 4.74 Å². The van der Waals surface area contributed by atoms with Gasteiger partial charge in [0, 0.05) is 10.9 Å². The molecule has 0 aromatic carbocycles. The normalized spacial score (nSPS) is 11.2. The van der Waals surface area contributed by atoms with Crippen LogP contribution in [0.15, 0.2) is 24.1 Å². The molecule has 3 N–H and O–H groups in total. The van der Waals surface area contributed by atoms with Crippen LogP contribution in [0.1, 0.15) is 22.8 Å². The molecule has 1 aromatic heterocycles. The van der Waals surface area contributed by atoms with Gasteiger partial charge < -0.3 is 15.6 Å². The van der Waals surface area contributed by atoms with Gasteiger partial charge in [0.15, 0.2) is 0 Å². The van der Waals surface area contributed by atoms with Gasteiger partial charge in [-0.05, 0) is 13.0 Å². The van der Waals surface area contributed by atoms with E-state index in [0.717, 1.165) is 0 Å². The van der Waals surface area contributed by atoms with Gasteiger partial charge in [0.05, 0.1) is 6.61 Å². The molecule has 5 heteroatoms. The number of carbonyl (C=O) groups is 1. The zero-order chi connectivity index (χ0) is 12.1. The summed E-state index contributed by atoms with van der Waals surface area (Å²) in [6.07, 6.45) is 2.82. The number of allylic oxidation sites excluding steroid dienone is 2. The zero-order valence-electron chi connectivity index (χ0n) is 8.90. The number of aliphatic hydroxyl groups is 1. The molecule has 4 nitrogen and oxygen atoms in total. The quantitative estimate of drug-likeness (QED) is 0.481. The summed E-state index contributed by atoms with van der Waals surface area (Å²) in [5, 5.41) is 11.6. The number of carbonyl (C=O) groups excluding carboxylic acids is 1. The molecule has 0 aliphatic rings. The van der Waals surface area contributed by atoms with Gasteiger partial charge in [0.2, 0.25) is 0 Å². The van der Waals surface area contributed by atoms with Gasteiger partial charge in [0.25, 0.3) is 0 Å². The van der Waals surface area contributed by atoms with Crippen molar-refractivity contribution in [2.24, 2.45) is 0 Å². The topological polar surface area (TPSA) is 72.5 Å². The van der Waals surface area contributed by atoms with Crippen molar-refractivity contribution in [1.29, 1.82) is 0 Å². The van der Waals surface area contributed by atoms with Gasteiger partial charge in [-0.25, -0.2) is 4.79 Å². The van der Waals surface area contributed by atoms with E-state index in [-0.39, 0.29) is 17.9 Å². The van der Waals surface area contributed by atoms with Crippen molar-refractivity contribution in [2.45, 2.75) is 6.92 Å². The maximum absolute atomic E-state index is 11.6. The molecule has 16 heavy (non-hydrogen) atoms. The summed E-state index contributed by atoms with van der Waals surface area (Å²) in [6, 6.07) is 0. The number of esters is 1. The van der Waals surface area contributed by atoms with Crippen molar-refractivity contribution < 1.29 is 14.6 Å². The van der Waals surface area contributed by atoms with Crippen LogP contribution in [-0.4, -0.2) is 17.7 Å². The standard InChI is InChI=1S/C11H13NO3S/c1-3-5-8(13)7-6-16-10(12)9(7)11(14)15-4-2/h3,5-6,13H,1,4,12H2,2H3/b8-5-. The second-order valence-electron chi connectivity index (χ2n) is 2.90. The van der Waals surface area contributed by atoms with Gasteiger partial charge >= 0.3 is 5.97 Å². The molecular formula is C11H13NO3S. The van der Waals surface area contributed by atoms with Crippen molar-refractivity contribution in [3.8, 4) is 0 Å². The highest BCUT2D eigenvalue weighted by Gasteiger charge is 2.20. The molecule has 0 aliphatic heterocycles. The van der Waals surface area contributed by atoms with Crippen LogP contribution in [0.2, 0.25) is 0 Å². The summed E-state index contributed by atoms with van der Waals surface area (Å²) in [4.78, 5) is 11.6. The Kier molecular flexibility index (Phi) is 4.13. The molecule has 86 valence electrons. The van der Waals surface area contributed by atoms with E-state index in [1.165, 1.54) is 23.5 Å². The van der Waals surface area contributed by atoms with Crippen LogP contribution < -0.4 is 5.73 Å². The van der Waals surface area contributed by atoms with E-state index in [9.17, 15) is 9.90 Å². The van der Waals surface area contributed by atoms with E-state index in [1.54, 1.807) is 12.3 Å². The summed E-state index contributed by atoms with van der Waals surface area (Å²) in [6.45, 7) is 5.43. The summed E-state index contributed by atoms with van der Waals surface area (Å²) < 4.78 is 4.86. The van der Waals surface area contributed by atoms with E-state index in [4.69, 9.17) is 10.5 Å². The fraction of sp³-hybridized carbons (Fsp3) is 0.182. The molecule has 0 amide bonds. The lowest BCUT2D eigenvalue weighted by Gasteiger charge is -2.04. The largest absolute Gasteiger partial charge is 0.507 e. The lowest BCUT2D eigenvalue weighted by Crippen LogP contribution is -2.08. The first-order chi connectivity index (χ1) is 7.61. The summed E-state index contributed by atoms with van der Waals surface area (Å²) in [5.41, 5.74) is 6.25. The Morgan fingerprint density at radius 1 is 1.75 bits per heavy atom. The van der Waals surface area contributed by atoms with E-state index in [1.807, 2.05) is 0 Å². The Hall–Kier alpha value is -1.75. The fourth-order valence-corrected chi connectivity index (χ4v) is 1.97. The molecule has 0 unspecified atom stereocenters. The van der Waals surface area contributed by atoms with Gasteiger partial charge in [0.1, 0.15) is 16.3 Å². The minimum Gasteiger partial charge on any atom is -0.507 e. The maximum atomic E-state index is 11.6. The van der Waals surface area contributed by atoms with E-state index in [0.29, 0.717) is 10.6 Å². The highest BCUT2D eigenvalue weighted by molar-refractivity contribution is 7.14. The third-order valence-electron chi connectivity index (χ3n) is 1.85. The van der Waals surface area contributed by atoms with Gasteiger partial charge in [-0.1, -0.05) is 12.7 Å². The summed E-state index contributed by atoms with van der Waals surface area (Å²) in [7, 11) is 0. The average molecular weight is 239 g/mol. The number of rotatable bonds is 4. The summed E-state index contributed by atoms with van der Waals surface area (Å²) >= 11 is 1.18. The monoisotopic (exact) mass is 239 g/mol. The third kappa shape index (κ3) is 2.43. The second-order valence-corrected chi connectivity index (χ2v) is 3.81. The van der Waals surface area contributed by atoms with Crippen molar-refractivity contribution >= 4 is 28.1 Å². The minimum atomic E-state index is -0.528. The van der Waals surface area contributed by atoms with Crippen molar-refractivity contribution in [3.63, 3.8) is 0 Å². The molecule has 1 aromatic rings. The van der Waals surface area contributed by atoms with Crippen LogP contribution >= 0.6 is 11.3 Å². The molecule has 0 radical (unpaired) electrons. The lowest BCUT2D eigenvalue weighted by molar-refractivity contribution is 0.0527. The predicted octanol–water partition coefficient (Wildman–Crippen LogP) is 2.59. The molecule has 1 heterocycles. The van der Waals surface area contributed by atoms with E-state index in [2.05, 4.69) is 6.58 Å². The Balaban J connectivity index is 3.17. The van der Waals surface area contributed by atoms with Gasteiger partial charge in [-0.2, -0.15) is 0 Å². The fourth-order valence-electron chi connectivity index (χ4n) is 1.18. The smallest absolute Gasteiger partial charge is 0.341 e. The molecule has 0 bridgehead atoms. The third-order valence-corrected chi connectivity index (χ3v) is 2.66. The van der Waals surface area contributed by atoms with Crippen LogP contribution in [0.4, 0.5) is 5.00 Å². The number of nitrogens with two attached hydrogens (primary N) is 1. The molecule has 0 saturated heterocycles. The zero-order valence-corrected chi connectivity index (χ0v) is 9.71. The Bertz CT molecular complexity index is 434. The van der Waals surface area contributed by atoms with E-state index >= 15 is 0 Å². The molecular weight excluding hydrogens is 226 g/mol. The lowest BCUT2D eigenvalue weighted by atomic mass is 10.1. The number of nitrogen functional groups attached to an aromatic ring is 1. The number of thiophene rings is 1. The first-order valence-corrected chi connectivity index (χ1v) is 5.55. The van der Waals surface area contributed by atoms with Gasteiger partial charge in [-0.3, -0.25) is 0 Å². The number of hydrogen-bond donors (Lipinski definition) is 2. The Morgan fingerprint density at radius 2 is 2.44 bits per heavy atom. The highest BCUT2D eigenvalue weighted by Crippen LogP contribution is 2.30. The maximum Gasteiger partial charge on any atom is 0.341 e. The van der Waals surface area contributed by atoms with Crippen LogP contribution in [0.5, 0.6) is 0 Å². The molecule has 0 atom stereocenters. The number of ether oxygens (including phenoxy) is 1. The number of anilines is 1. The Labute approximate surface area is 97.7 Å². The molecule has 1 rings (SSSR count). The molecule has 0 fully saturated rings. The van der Waals surface area contributed by atoms with Crippen molar-refractivity contribution in [2.75, 3.05) is 12.3 Å². The second kappa shape index (κ2) is 5.37. The minimum absolute atomic E-state index is 0.0500. The van der Waals surface area contributed by atoms with Crippen molar-refractivity contribution in [3.05, 3.63) is 35.2 Å². The van der Waals surface area contributed by atoms with Crippen LogP contribution in [0.25, 0.3) is 5.76 Å². The molecule has 0 saturated carbocycles. The molecule has 0 spiro atoms. The first kappa shape index (κ1) is 12.3. The number of aliphatic hydroxyl groups excluding tert-OH is 1. The van der Waals surface area contributed by atoms with E-state index < -0.39 is 5.97 Å². The highest BCUT2D eigenvalue weighted by atomic mass is 32.1. The van der Waals surface area contributed by atoms with Crippen LogP contribution in [0.3, 0.4) is 0 Å². The SMILES string of the molecule is C=C/C=C(\O)c1csc(N)c1C(=O)OCC. The first-order valence-electron chi connectivity index (χ1n) is 4.68. The predicted molar refractivity (Wildman–Crippen MR) is 65.5 cm³/mol.